The Bertz CT molecular complexity index is 976. The normalized spacial score (nSPS) is 20.7. The summed E-state index contributed by atoms with van der Waals surface area (Å²) in [5, 5.41) is 10.3. The zero-order valence-electron chi connectivity index (χ0n) is 18.0. The lowest BCUT2D eigenvalue weighted by molar-refractivity contribution is -0.175. The average molecular weight is 427 g/mol. The Morgan fingerprint density at radius 1 is 1.32 bits per heavy atom. The van der Waals surface area contributed by atoms with Crippen LogP contribution in [0.15, 0.2) is 55.0 Å². The van der Waals surface area contributed by atoms with Gasteiger partial charge in [-0.3, -0.25) is 9.36 Å². The summed E-state index contributed by atoms with van der Waals surface area (Å²) >= 11 is 0. The fourth-order valence-corrected chi connectivity index (χ4v) is 4.05. The second-order valence-electron chi connectivity index (χ2n) is 7.41. The van der Waals surface area contributed by atoms with Crippen LogP contribution < -0.4 is 0 Å². The Balaban J connectivity index is 2.13. The van der Waals surface area contributed by atoms with Gasteiger partial charge in [-0.1, -0.05) is 30.9 Å². The number of carbonyl (C=O) groups is 2. The molecule has 2 aromatic rings. The van der Waals surface area contributed by atoms with E-state index in [0.717, 1.165) is 16.5 Å². The van der Waals surface area contributed by atoms with Crippen LogP contribution >= 0.6 is 0 Å². The number of benzene rings is 1. The van der Waals surface area contributed by atoms with Gasteiger partial charge in [-0.15, -0.1) is 0 Å². The molecule has 0 bridgehead atoms. The highest BCUT2D eigenvalue weighted by molar-refractivity contribution is 5.94. The standard InChI is InChI=1S/C24H29NO6/c1-4-13-30-23(28)22-14-19(18(10-8-12-26)24(31-22)29-5-2)20-15-25(16(3)27)21-11-7-6-9-17(20)21/h4,6-7,9,11,14-15,18-19,24,26H,1,5,8,10,12-13H2,2-3H3/t18-,19-,24+/m1/s1. The molecule has 0 spiro atoms. The van der Waals surface area contributed by atoms with E-state index in [4.69, 9.17) is 14.2 Å². The molecule has 31 heavy (non-hydrogen) atoms. The van der Waals surface area contributed by atoms with Crippen LogP contribution in [0.25, 0.3) is 10.9 Å². The molecule has 0 radical (unpaired) electrons. The van der Waals surface area contributed by atoms with Crippen molar-refractivity contribution in [1.29, 1.82) is 0 Å². The van der Waals surface area contributed by atoms with Gasteiger partial charge in [-0.05, 0) is 37.5 Å². The number of fused-ring (bicyclic) bond motifs is 1. The van der Waals surface area contributed by atoms with E-state index in [1.165, 1.54) is 13.0 Å². The first kappa shape index (κ1) is 22.8. The molecule has 7 nitrogen and oxygen atoms in total. The molecule has 7 heteroatoms. The van der Waals surface area contributed by atoms with Crippen LogP contribution in [-0.2, 0) is 19.0 Å². The van der Waals surface area contributed by atoms with Gasteiger partial charge in [0.1, 0.15) is 6.61 Å². The van der Waals surface area contributed by atoms with Crippen molar-refractivity contribution in [2.75, 3.05) is 19.8 Å². The van der Waals surface area contributed by atoms with Gasteiger partial charge in [-0.2, -0.15) is 0 Å². The molecule has 1 aliphatic heterocycles. The van der Waals surface area contributed by atoms with Gasteiger partial charge < -0.3 is 19.3 Å². The SMILES string of the molecule is C=CCOC(=O)C1=C[C@@H](c2cn(C(C)=O)c3ccccc23)[C@@H](CCCO)[C@@H](OCC)O1. The number of para-hydroxylation sites is 1. The predicted octanol–water partition coefficient (Wildman–Crippen LogP) is 3.78. The maximum absolute atomic E-state index is 12.6. The predicted molar refractivity (Wildman–Crippen MR) is 117 cm³/mol. The Kier molecular flexibility index (Phi) is 7.65. The van der Waals surface area contributed by atoms with Crippen molar-refractivity contribution in [2.45, 2.75) is 38.9 Å². The van der Waals surface area contributed by atoms with Gasteiger partial charge in [0.2, 0.25) is 18.0 Å². The largest absolute Gasteiger partial charge is 0.457 e. The molecule has 0 fully saturated rings. The first-order chi connectivity index (χ1) is 15.0. The molecular formula is C24H29NO6. The van der Waals surface area contributed by atoms with Gasteiger partial charge in [-0.25, -0.2) is 4.79 Å². The van der Waals surface area contributed by atoms with E-state index in [1.807, 2.05) is 37.4 Å². The number of aromatic nitrogens is 1. The summed E-state index contributed by atoms with van der Waals surface area (Å²) in [6.07, 6.45) is 5.55. The monoisotopic (exact) mass is 427 g/mol. The van der Waals surface area contributed by atoms with Crippen molar-refractivity contribution in [3.8, 4) is 0 Å². The minimum absolute atomic E-state index is 0.0369. The molecule has 0 saturated heterocycles. The lowest BCUT2D eigenvalue weighted by Gasteiger charge is -2.36. The lowest BCUT2D eigenvalue weighted by atomic mass is 9.80. The van der Waals surface area contributed by atoms with Gasteiger partial charge in [0.05, 0.1) is 5.52 Å². The second-order valence-corrected chi connectivity index (χ2v) is 7.41. The number of nitrogens with zero attached hydrogens (tertiary/aromatic N) is 1. The van der Waals surface area contributed by atoms with Crippen molar-refractivity contribution >= 4 is 22.8 Å². The van der Waals surface area contributed by atoms with Gasteiger partial charge >= 0.3 is 5.97 Å². The average Bonchev–Trinajstić information content (AvgIpc) is 3.16. The number of allylic oxidation sites excluding steroid dienone is 1. The molecule has 0 amide bonds. The number of aliphatic hydroxyl groups is 1. The van der Waals surface area contributed by atoms with E-state index in [0.29, 0.717) is 19.4 Å². The Morgan fingerprint density at radius 2 is 2.10 bits per heavy atom. The van der Waals surface area contributed by atoms with Crippen molar-refractivity contribution in [1.82, 2.24) is 4.57 Å². The number of carbonyl (C=O) groups excluding carboxylic acids is 2. The fourth-order valence-electron chi connectivity index (χ4n) is 4.05. The molecule has 0 aliphatic carbocycles. The molecule has 166 valence electrons. The lowest BCUT2D eigenvalue weighted by Crippen LogP contribution is -2.36. The topological polar surface area (TPSA) is 87.0 Å². The van der Waals surface area contributed by atoms with Crippen molar-refractivity contribution in [3.05, 3.63) is 60.5 Å². The van der Waals surface area contributed by atoms with Gasteiger partial charge in [0, 0.05) is 43.6 Å². The van der Waals surface area contributed by atoms with Crippen molar-refractivity contribution in [3.63, 3.8) is 0 Å². The molecule has 1 aromatic heterocycles. The molecule has 3 rings (SSSR count). The Labute approximate surface area is 181 Å². The summed E-state index contributed by atoms with van der Waals surface area (Å²) in [5.74, 6) is -1.05. The molecule has 1 N–H and O–H groups in total. The molecular weight excluding hydrogens is 398 g/mol. The number of hydrogen-bond acceptors (Lipinski definition) is 6. The molecule has 3 atom stereocenters. The molecule has 0 saturated carbocycles. The minimum Gasteiger partial charge on any atom is -0.457 e. The van der Waals surface area contributed by atoms with E-state index in [2.05, 4.69) is 6.58 Å². The first-order valence-electron chi connectivity index (χ1n) is 10.5. The molecule has 0 unspecified atom stereocenters. The van der Waals surface area contributed by atoms with E-state index >= 15 is 0 Å². The maximum atomic E-state index is 12.6. The van der Waals surface area contributed by atoms with Gasteiger partial charge in [0.15, 0.2) is 0 Å². The molecule has 1 aliphatic rings. The van der Waals surface area contributed by atoms with Crippen LogP contribution in [0.5, 0.6) is 0 Å². The maximum Gasteiger partial charge on any atom is 0.373 e. The number of ether oxygens (including phenoxy) is 3. The molecule has 1 aromatic carbocycles. The number of esters is 1. The van der Waals surface area contributed by atoms with Crippen LogP contribution in [0.1, 0.15) is 43.0 Å². The summed E-state index contributed by atoms with van der Waals surface area (Å²) < 4.78 is 18.5. The highest BCUT2D eigenvalue weighted by atomic mass is 16.7. The van der Waals surface area contributed by atoms with Crippen LogP contribution in [-0.4, -0.2) is 47.7 Å². The Hall–Kier alpha value is -2.90. The minimum atomic E-state index is -0.683. The summed E-state index contributed by atoms with van der Waals surface area (Å²) in [6, 6.07) is 7.66. The second kappa shape index (κ2) is 10.4. The third-order valence-corrected chi connectivity index (χ3v) is 5.39. The molecule has 2 heterocycles. The number of rotatable bonds is 9. The summed E-state index contributed by atoms with van der Waals surface area (Å²) in [5.41, 5.74) is 1.70. The van der Waals surface area contributed by atoms with Crippen LogP contribution in [0.4, 0.5) is 0 Å². The quantitative estimate of drug-likeness (QED) is 0.484. The highest BCUT2D eigenvalue weighted by Gasteiger charge is 2.39. The van der Waals surface area contributed by atoms with Gasteiger partial charge in [0.25, 0.3) is 0 Å². The fraction of sp³-hybridized carbons (Fsp3) is 0.417. The zero-order chi connectivity index (χ0) is 22.4. The first-order valence-corrected chi connectivity index (χ1v) is 10.5. The van der Waals surface area contributed by atoms with E-state index in [1.54, 1.807) is 10.6 Å². The Morgan fingerprint density at radius 3 is 2.77 bits per heavy atom. The van der Waals surface area contributed by atoms with E-state index in [9.17, 15) is 14.7 Å². The van der Waals surface area contributed by atoms with Crippen LogP contribution in [0.3, 0.4) is 0 Å². The summed E-state index contributed by atoms with van der Waals surface area (Å²) in [7, 11) is 0. The summed E-state index contributed by atoms with van der Waals surface area (Å²) in [4.78, 5) is 24.8. The van der Waals surface area contributed by atoms with E-state index < -0.39 is 12.3 Å². The number of hydrogen-bond donors (Lipinski definition) is 1. The zero-order valence-corrected chi connectivity index (χ0v) is 18.0. The van der Waals surface area contributed by atoms with Crippen LogP contribution in [0.2, 0.25) is 0 Å². The van der Waals surface area contributed by atoms with E-state index in [-0.39, 0.29) is 36.7 Å². The summed E-state index contributed by atoms with van der Waals surface area (Å²) in [6.45, 7) is 7.44. The van der Waals surface area contributed by atoms with Crippen molar-refractivity contribution < 1.29 is 28.9 Å². The van der Waals surface area contributed by atoms with Crippen LogP contribution in [0, 0.1) is 5.92 Å². The smallest absolute Gasteiger partial charge is 0.373 e. The third-order valence-electron chi connectivity index (χ3n) is 5.39. The highest BCUT2D eigenvalue weighted by Crippen LogP contribution is 2.42. The van der Waals surface area contributed by atoms with Crippen molar-refractivity contribution in [2.24, 2.45) is 5.92 Å². The third kappa shape index (κ3) is 4.89. The number of aliphatic hydroxyl groups excluding tert-OH is 1.